The lowest BCUT2D eigenvalue weighted by Crippen LogP contribution is -2.32. The van der Waals surface area contributed by atoms with Gasteiger partial charge in [-0.2, -0.15) is 0 Å². The molecule has 1 amide bonds. The molecule has 24 heavy (non-hydrogen) atoms. The van der Waals surface area contributed by atoms with Crippen molar-refractivity contribution in [1.29, 1.82) is 0 Å². The minimum absolute atomic E-state index is 0.117. The number of imidazole rings is 1. The number of hydrogen-bond acceptors (Lipinski definition) is 3. The normalized spacial score (nSPS) is 17.5. The number of hydrogen-bond donors (Lipinski definition) is 0. The fourth-order valence-corrected chi connectivity index (χ4v) is 3.58. The second-order valence-electron chi connectivity index (χ2n) is 6.34. The SMILES string of the molecule is Cc1cn2c([C@@H]3CCCN3C(=O)Cc3cccnc3)cccc2n1. The van der Waals surface area contributed by atoms with Crippen LogP contribution in [0.2, 0.25) is 0 Å². The zero-order chi connectivity index (χ0) is 16.5. The summed E-state index contributed by atoms with van der Waals surface area (Å²) in [5.74, 6) is 0.166. The Labute approximate surface area is 141 Å². The van der Waals surface area contributed by atoms with E-state index in [9.17, 15) is 4.79 Å². The summed E-state index contributed by atoms with van der Waals surface area (Å²) in [6, 6.07) is 10.1. The van der Waals surface area contributed by atoms with Crippen molar-refractivity contribution < 1.29 is 4.79 Å². The second-order valence-corrected chi connectivity index (χ2v) is 6.34. The Morgan fingerprint density at radius 2 is 2.21 bits per heavy atom. The van der Waals surface area contributed by atoms with Gasteiger partial charge in [0, 0.05) is 30.8 Å². The van der Waals surface area contributed by atoms with Crippen LogP contribution in [-0.2, 0) is 11.2 Å². The van der Waals surface area contributed by atoms with Gasteiger partial charge in [0.1, 0.15) is 5.65 Å². The average molecular weight is 320 g/mol. The van der Waals surface area contributed by atoms with Gasteiger partial charge >= 0.3 is 0 Å². The van der Waals surface area contributed by atoms with Crippen LogP contribution in [0, 0.1) is 6.92 Å². The van der Waals surface area contributed by atoms with Gasteiger partial charge in [-0.1, -0.05) is 12.1 Å². The van der Waals surface area contributed by atoms with Crippen molar-refractivity contribution in [3.63, 3.8) is 0 Å². The molecule has 0 bridgehead atoms. The molecule has 3 aromatic heterocycles. The summed E-state index contributed by atoms with van der Waals surface area (Å²) < 4.78 is 2.12. The van der Waals surface area contributed by atoms with E-state index in [1.54, 1.807) is 12.4 Å². The lowest BCUT2D eigenvalue weighted by molar-refractivity contribution is -0.131. The summed E-state index contributed by atoms with van der Waals surface area (Å²) in [6.07, 6.45) is 7.98. The monoisotopic (exact) mass is 320 g/mol. The molecule has 3 aromatic rings. The minimum Gasteiger partial charge on any atom is -0.334 e. The summed E-state index contributed by atoms with van der Waals surface area (Å²) in [7, 11) is 0. The Bertz CT molecular complexity index is 871. The molecule has 1 aliphatic rings. The van der Waals surface area contributed by atoms with Crippen molar-refractivity contribution in [2.75, 3.05) is 6.54 Å². The number of nitrogens with zero attached hydrogens (tertiary/aromatic N) is 4. The molecule has 0 radical (unpaired) electrons. The zero-order valence-corrected chi connectivity index (χ0v) is 13.7. The van der Waals surface area contributed by atoms with Crippen LogP contribution in [0.15, 0.2) is 48.9 Å². The third-order valence-corrected chi connectivity index (χ3v) is 4.64. The van der Waals surface area contributed by atoms with Crippen molar-refractivity contribution in [2.45, 2.75) is 32.2 Å². The topological polar surface area (TPSA) is 50.5 Å². The van der Waals surface area contributed by atoms with E-state index in [0.29, 0.717) is 6.42 Å². The van der Waals surface area contributed by atoms with E-state index in [1.807, 2.05) is 42.3 Å². The van der Waals surface area contributed by atoms with Crippen LogP contribution in [0.3, 0.4) is 0 Å². The zero-order valence-electron chi connectivity index (χ0n) is 13.7. The van der Waals surface area contributed by atoms with E-state index in [2.05, 4.69) is 20.4 Å². The number of amides is 1. The molecule has 0 aromatic carbocycles. The van der Waals surface area contributed by atoms with Gasteiger partial charge in [-0.25, -0.2) is 4.98 Å². The first kappa shape index (κ1) is 14.9. The molecule has 0 spiro atoms. The number of aromatic nitrogens is 3. The smallest absolute Gasteiger partial charge is 0.227 e. The Balaban J connectivity index is 1.63. The first-order chi connectivity index (χ1) is 11.7. The minimum atomic E-state index is 0.117. The van der Waals surface area contributed by atoms with Gasteiger partial charge in [0.15, 0.2) is 0 Å². The van der Waals surface area contributed by atoms with E-state index >= 15 is 0 Å². The number of fused-ring (bicyclic) bond motifs is 1. The molecule has 5 heteroatoms. The fraction of sp³-hybridized carbons (Fsp3) is 0.316. The molecule has 1 fully saturated rings. The number of carbonyl (C=O) groups is 1. The van der Waals surface area contributed by atoms with Crippen LogP contribution < -0.4 is 0 Å². The Hall–Kier alpha value is -2.69. The van der Waals surface area contributed by atoms with Crippen molar-refractivity contribution >= 4 is 11.6 Å². The molecule has 4 rings (SSSR count). The first-order valence-corrected chi connectivity index (χ1v) is 8.35. The van der Waals surface area contributed by atoms with E-state index in [0.717, 1.165) is 42.0 Å². The van der Waals surface area contributed by atoms with Gasteiger partial charge < -0.3 is 9.30 Å². The average Bonchev–Trinajstić information content (AvgIpc) is 3.20. The molecule has 122 valence electrons. The predicted molar refractivity (Wildman–Crippen MR) is 91.6 cm³/mol. The lowest BCUT2D eigenvalue weighted by Gasteiger charge is -2.26. The summed E-state index contributed by atoms with van der Waals surface area (Å²) >= 11 is 0. The van der Waals surface area contributed by atoms with Gasteiger partial charge in [-0.3, -0.25) is 9.78 Å². The third-order valence-electron chi connectivity index (χ3n) is 4.64. The van der Waals surface area contributed by atoms with Crippen LogP contribution in [0.25, 0.3) is 5.65 Å². The summed E-state index contributed by atoms with van der Waals surface area (Å²) in [6.45, 7) is 2.81. The van der Waals surface area contributed by atoms with Gasteiger partial charge in [-0.15, -0.1) is 0 Å². The van der Waals surface area contributed by atoms with E-state index in [1.165, 1.54) is 0 Å². The van der Waals surface area contributed by atoms with Gasteiger partial charge in [0.2, 0.25) is 5.91 Å². The van der Waals surface area contributed by atoms with Crippen LogP contribution in [0.5, 0.6) is 0 Å². The summed E-state index contributed by atoms with van der Waals surface area (Å²) in [5, 5.41) is 0. The number of rotatable bonds is 3. The maximum atomic E-state index is 12.8. The molecular formula is C19H20N4O. The Morgan fingerprint density at radius 1 is 1.29 bits per heavy atom. The fourth-order valence-electron chi connectivity index (χ4n) is 3.58. The predicted octanol–water partition coefficient (Wildman–Crippen LogP) is 2.94. The molecule has 5 nitrogen and oxygen atoms in total. The molecule has 0 aliphatic carbocycles. The largest absolute Gasteiger partial charge is 0.334 e. The number of aryl methyl sites for hydroxylation is 1. The first-order valence-electron chi connectivity index (χ1n) is 8.35. The Morgan fingerprint density at radius 3 is 3.04 bits per heavy atom. The molecule has 4 heterocycles. The maximum absolute atomic E-state index is 12.8. The lowest BCUT2D eigenvalue weighted by atomic mass is 10.1. The van der Waals surface area contributed by atoms with Crippen LogP contribution in [0.4, 0.5) is 0 Å². The summed E-state index contributed by atoms with van der Waals surface area (Å²) in [5.41, 5.74) is 4.04. The highest BCUT2D eigenvalue weighted by atomic mass is 16.2. The molecule has 0 saturated carbocycles. The number of carbonyl (C=O) groups excluding carboxylic acids is 1. The standard InChI is InChI=1S/C19H20N4O/c1-14-13-23-17(6-2-8-18(23)21-14)16-7-4-10-22(16)19(24)11-15-5-3-9-20-12-15/h2-3,5-6,8-9,12-13,16H,4,7,10-11H2,1H3/t16-/m0/s1. The highest BCUT2D eigenvalue weighted by Crippen LogP contribution is 2.32. The van der Waals surface area contributed by atoms with Gasteiger partial charge in [0.25, 0.3) is 0 Å². The van der Waals surface area contributed by atoms with Gasteiger partial charge in [-0.05, 0) is 43.5 Å². The van der Waals surface area contributed by atoms with Crippen LogP contribution in [0.1, 0.15) is 35.8 Å². The quantitative estimate of drug-likeness (QED) is 0.745. The van der Waals surface area contributed by atoms with Crippen molar-refractivity contribution in [1.82, 2.24) is 19.3 Å². The van der Waals surface area contributed by atoms with Crippen molar-refractivity contribution in [2.24, 2.45) is 0 Å². The third kappa shape index (κ3) is 2.66. The second kappa shape index (κ2) is 6.07. The molecule has 1 aliphatic heterocycles. The Kier molecular flexibility index (Phi) is 3.76. The molecule has 0 unspecified atom stereocenters. The highest BCUT2D eigenvalue weighted by molar-refractivity contribution is 5.79. The molecule has 1 atom stereocenters. The van der Waals surface area contributed by atoms with Crippen LogP contribution >= 0.6 is 0 Å². The number of likely N-dealkylation sites (tertiary alicyclic amines) is 1. The highest BCUT2D eigenvalue weighted by Gasteiger charge is 2.31. The number of pyridine rings is 2. The van der Waals surface area contributed by atoms with Crippen molar-refractivity contribution in [3.8, 4) is 0 Å². The van der Waals surface area contributed by atoms with Crippen molar-refractivity contribution in [3.05, 3.63) is 65.9 Å². The maximum Gasteiger partial charge on any atom is 0.227 e. The summed E-state index contributed by atoms with van der Waals surface area (Å²) in [4.78, 5) is 23.5. The van der Waals surface area contributed by atoms with E-state index in [4.69, 9.17) is 0 Å². The van der Waals surface area contributed by atoms with Crippen LogP contribution in [-0.4, -0.2) is 31.7 Å². The molecular weight excluding hydrogens is 300 g/mol. The van der Waals surface area contributed by atoms with E-state index in [-0.39, 0.29) is 11.9 Å². The molecule has 0 N–H and O–H groups in total. The van der Waals surface area contributed by atoms with Gasteiger partial charge in [0.05, 0.1) is 18.2 Å². The van der Waals surface area contributed by atoms with E-state index < -0.39 is 0 Å². The molecule has 1 saturated heterocycles.